The molecule has 0 atom stereocenters. The highest BCUT2D eigenvalue weighted by Gasteiger charge is 2.16. The molecule has 0 fully saturated rings. The Balaban J connectivity index is 1.47. The van der Waals surface area contributed by atoms with Gasteiger partial charge >= 0.3 is 0 Å². The van der Waals surface area contributed by atoms with Crippen molar-refractivity contribution in [2.45, 2.75) is 18.7 Å². The topological polar surface area (TPSA) is 96.5 Å². The van der Waals surface area contributed by atoms with Crippen LogP contribution in [0.4, 0.5) is 11.4 Å². The zero-order valence-electron chi connectivity index (χ0n) is 23.1. The first-order valence-electron chi connectivity index (χ1n) is 12.9. The lowest BCUT2D eigenvalue weighted by molar-refractivity contribution is -0.114. The third-order valence-corrected chi connectivity index (χ3v) is 7.06. The van der Waals surface area contributed by atoms with Crippen molar-refractivity contribution >= 4 is 46.9 Å². The second-order valence-corrected chi connectivity index (χ2v) is 10.3. The smallest absolute Gasteiger partial charge is 0.272 e. The fourth-order valence-electron chi connectivity index (χ4n) is 3.91. The van der Waals surface area contributed by atoms with Gasteiger partial charge in [0.2, 0.25) is 5.91 Å². The van der Waals surface area contributed by atoms with Crippen LogP contribution in [0.1, 0.15) is 27.0 Å². The van der Waals surface area contributed by atoms with Crippen molar-refractivity contribution in [3.8, 4) is 5.75 Å². The van der Waals surface area contributed by atoms with Crippen molar-refractivity contribution in [1.82, 2.24) is 5.32 Å². The minimum absolute atomic E-state index is 0.0677. The summed E-state index contributed by atoms with van der Waals surface area (Å²) in [5.41, 5.74) is 4.57. The van der Waals surface area contributed by atoms with Gasteiger partial charge in [-0.25, -0.2) is 0 Å². The van der Waals surface area contributed by atoms with Crippen LogP contribution in [0.15, 0.2) is 108 Å². The van der Waals surface area contributed by atoms with Gasteiger partial charge in [0.25, 0.3) is 11.8 Å². The highest BCUT2D eigenvalue weighted by molar-refractivity contribution is 8.00. The third kappa shape index (κ3) is 8.58. The first-order chi connectivity index (χ1) is 19.8. The molecule has 0 heterocycles. The van der Waals surface area contributed by atoms with E-state index in [9.17, 15) is 14.4 Å². The molecule has 0 aliphatic carbocycles. The quantitative estimate of drug-likeness (QED) is 0.152. The van der Waals surface area contributed by atoms with E-state index >= 15 is 0 Å². The zero-order chi connectivity index (χ0) is 29.2. The fourth-order valence-corrected chi connectivity index (χ4v) is 4.66. The van der Waals surface area contributed by atoms with E-state index in [-0.39, 0.29) is 17.4 Å². The SMILES string of the molecule is COc1cccc(/C=C(\NC(=O)c2ccccc2)C(=O)Nc2cccc(SCC(=O)Nc3cc(C)ccc3C)c2)c1. The summed E-state index contributed by atoms with van der Waals surface area (Å²) in [5, 5.41) is 8.56. The molecule has 0 spiro atoms. The van der Waals surface area contributed by atoms with Gasteiger partial charge in [-0.15, -0.1) is 11.8 Å². The molecule has 8 heteroatoms. The van der Waals surface area contributed by atoms with Crippen molar-refractivity contribution in [3.63, 3.8) is 0 Å². The van der Waals surface area contributed by atoms with Gasteiger partial charge in [0.15, 0.2) is 0 Å². The van der Waals surface area contributed by atoms with Gasteiger partial charge in [-0.05, 0) is 85.1 Å². The number of ether oxygens (including phenoxy) is 1. The summed E-state index contributed by atoms with van der Waals surface area (Å²) < 4.78 is 5.29. The number of hydrogen-bond donors (Lipinski definition) is 3. The maximum atomic E-state index is 13.4. The molecule has 0 aliphatic rings. The maximum Gasteiger partial charge on any atom is 0.272 e. The van der Waals surface area contributed by atoms with Crippen molar-refractivity contribution in [2.24, 2.45) is 0 Å². The molecular formula is C33H31N3O4S. The number of methoxy groups -OCH3 is 1. The Hall–Kier alpha value is -4.82. The number of carbonyl (C=O) groups excluding carboxylic acids is 3. The Labute approximate surface area is 244 Å². The predicted molar refractivity (Wildman–Crippen MR) is 165 cm³/mol. The number of aryl methyl sites for hydroxylation is 2. The van der Waals surface area contributed by atoms with Crippen molar-refractivity contribution in [1.29, 1.82) is 0 Å². The lowest BCUT2D eigenvalue weighted by Crippen LogP contribution is -2.30. The number of anilines is 2. The molecule has 3 N–H and O–H groups in total. The molecule has 208 valence electrons. The Morgan fingerprint density at radius 2 is 1.61 bits per heavy atom. The monoisotopic (exact) mass is 565 g/mol. The number of benzene rings is 4. The minimum atomic E-state index is -0.494. The zero-order valence-corrected chi connectivity index (χ0v) is 23.9. The second-order valence-electron chi connectivity index (χ2n) is 9.29. The summed E-state index contributed by atoms with van der Waals surface area (Å²) in [6, 6.07) is 29.0. The molecule has 3 amide bonds. The van der Waals surface area contributed by atoms with E-state index in [1.54, 1.807) is 73.8 Å². The molecule has 7 nitrogen and oxygen atoms in total. The molecular weight excluding hydrogens is 534 g/mol. The third-order valence-electron chi connectivity index (χ3n) is 6.06. The molecule has 0 unspecified atom stereocenters. The van der Waals surface area contributed by atoms with Gasteiger partial charge < -0.3 is 20.7 Å². The van der Waals surface area contributed by atoms with Crippen LogP contribution in [-0.2, 0) is 9.59 Å². The number of thioether (sulfide) groups is 1. The first kappa shape index (κ1) is 29.2. The highest BCUT2D eigenvalue weighted by atomic mass is 32.2. The van der Waals surface area contributed by atoms with Crippen LogP contribution < -0.4 is 20.7 Å². The van der Waals surface area contributed by atoms with Crippen molar-refractivity contribution < 1.29 is 19.1 Å². The summed E-state index contributed by atoms with van der Waals surface area (Å²) in [6.07, 6.45) is 1.59. The van der Waals surface area contributed by atoms with Gasteiger partial charge in [0, 0.05) is 21.8 Å². The second kappa shape index (κ2) is 14.0. The van der Waals surface area contributed by atoms with Gasteiger partial charge in [0.1, 0.15) is 11.4 Å². The van der Waals surface area contributed by atoms with Crippen LogP contribution in [0, 0.1) is 13.8 Å². The number of carbonyl (C=O) groups is 3. The summed E-state index contributed by atoms with van der Waals surface area (Å²) in [4.78, 5) is 39.7. The largest absolute Gasteiger partial charge is 0.497 e. The van der Waals surface area contributed by atoms with E-state index in [1.165, 1.54) is 11.8 Å². The summed E-state index contributed by atoms with van der Waals surface area (Å²) >= 11 is 1.36. The summed E-state index contributed by atoms with van der Waals surface area (Å²) in [6.45, 7) is 3.93. The molecule has 0 saturated carbocycles. The number of hydrogen-bond acceptors (Lipinski definition) is 5. The average Bonchev–Trinajstić information content (AvgIpc) is 2.98. The van der Waals surface area contributed by atoms with Crippen LogP contribution in [0.25, 0.3) is 6.08 Å². The molecule has 0 aromatic heterocycles. The van der Waals surface area contributed by atoms with E-state index in [4.69, 9.17) is 4.74 Å². The summed E-state index contributed by atoms with van der Waals surface area (Å²) in [7, 11) is 1.56. The van der Waals surface area contributed by atoms with Crippen LogP contribution in [0.5, 0.6) is 5.75 Å². The lowest BCUT2D eigenvalue weighted by atomic mass is 10.1. The Morgan fingerprint density at radius 3 is 2.39 bits per heavy atom. The molecule has 0 saturated heterocycles. The number of rotatable bonds is 10. The lowest BCUT2D eigenvalue weighted by Gasteiger charge is -2.13. The first-order valence-corrected chi connectivity index (χ1v) is 13.9. The standard InChI is InChI=1S/C33H31N3O4S/c1-22-15-16-23(2)29(17-22)35-31(37)21-41-28-14-8-12-26(20-28)34-33(39)30(19-24-9-7-13-27(18-24)40-3)36-32(38)25-10-5-4-6-11-25/h4-20H,21H2,1-3H3,(H,34,39)(H,35,37)(H,36,38)/b30-19-. The maximum absolute atomic E-state index is 13.4. The Morgan fingerprint density at radius 1 is 0.829 bits per heavy atom. The normalized spacial score (nSPS) is 11.0. The van der Waals surface area contributed by atoms with Crippen LogP contribution in [-0.4, -0.2) is 30.6 Å². The molecule has 41 heavy (non-hydrogen) atoms. The van der Waals surface area contributed by atoms with Crippen molar-refractivity contribution in [2.75, 3.05) is 23.5 Å². The van der Waals surface area contributed by atoms with E-state index < -0.39 is 11.8 Å². The minimum Gasteiger partial charge on any atom is -0.497 e. The van der Waals surface area contributed by atoms with E-state index in [1.807, 2.05) is 50.2 Å². The molecule has 4 aromatic rings. The van der Waals surface area contributed by atoms with Crippen LogP contribution in [0.3, 0.4) is 0 Å². The van der Waals surface area contributed by atoms with Gasteiger partial charge in [-0.2, -0.15) is 0 Å². The van der Waals surface area contributed by atoms with Gasteiger partial charge in [-0.3, -0.25) is 14.4 Å². The Kier molecular flexibility index (Phi) is 9.96. The van der Waals surface area contributed by atoms with E-state index in [0.717, 1.165) is 21.7 Å². The Bertz CT molecular complexity index is 1580. The van der Waals surface area contributed by atoms with E-state index in [0.29, 0.717) is 22.6 Å². The van der Waals surface area contributed by atoms with Crippen LogP contribution >= 0.6 is 11.8 Å². The van der Waals surface area contributed by atoms with E-state index in [2.05, 4.69) is 16.0 Å². The number of nitrogens with one attached hydrogen (secondary N) is 3. The summed E-state index contributed by atoms with van der Waals surface area (Å²) in [5.74, 6) is -0.190. The average molecular weight is 566 g/mol. The van der Waals surface area contributed by atoms with Crippen molar-refractivity contribution in [3.05, 3.63) is 125 Å². The molecule has 4 rings (SSSR count). The van der Waals surface area contributed by atoms with Crippen LogP contribution in [0.2, 0.25) is 0 Å². The molecule has 0 bridgehead atoms. The highest BCUT2D eigenvalue weighted by Crippen LogP contribution is 2.24. The fraction of sp³-hybridized carbons (Fsp3) is 0.121. The van der Waals surface area contributed by atoms with Gasteiger partial charge in [0.05, 0.1) is 12.9 Å². The molecule has 0 radical (unpaired) electrons. The molecule has 4 aromatic carbocycles. The molecule has 0 aliphatic heterocycles. The predicted octanol–water partition coefficient (Wildman–Crippen LogP) is 6.45. The number of amides is 3. The van der Waals surface area contributed by atoms with Gasteiger partial charge in [-0.1, -0.05) is 48.5 Å².